The number of aryl methyl sites for hydroxylation is 1. The van der Waals surface area contributed by atoms with Gasteiger partial charge in [0, 0.05) is 11.3 Å². The summed E-state index contributed by atoms with van der Waals surface area (Å²) in [7, 11) is 0. The van der Waals surface area contributed by atoms with E-state index in [0.717, 1.165) is 5.56 Å². The highest BCUT2D eigenvalue weighted by molar-refractivity contribution is 6.00. The maximum Gasteiger partial charge on any atom is 0.162 e. The zero-order chi connectivity index (χ0) is 8.43. The number of nitrogens with two attached hydrogens (primary N) is 1. The predicted molar refractivity (Wildman–Crippen MR) is 52.8 cm³/mol. The highest BCUT2D eigenvalue weighted by Crippen LogP contribution is 2.15. The van der Waals surface area contributed by atoms with Gasteiger partial charge in [0.15, 0.2) is 5.78 Å². The summed E-state index contributed by atoms with van der Waals surface area (Å²) >= 11 is 0. The second-order valence-corrected chi connectivity index (χ2v) is 2.60. The normalized spacial score (nSPS) is 8.83. The van der Waals surface area contributed by atoms with Gasteiger partial charge >= 0.3 is 0 Å². The molecule has 66 valence electrons. The number of halogens is 1. The van der Waals surface area contributed by atoms with Crippen molar-refractivity contribution in [3.8, 4) is 0 Å². The molecule has 2 nitrogen and oxygen atoms in total. The molecule has 2 N–H and O–H groups in total. The molecule has 0 bridgehead atoms. The van der Waals surface area contributed by atoms with E-state index in [0.29, 0.717) is 11.3 Å². The summed E-state index contributed by atoms with van der Waals surface area (Å²) in [4.78, 5) is 11.0. The molecule has 0 aliphatic rings. The Balaban J connectivity index is 0.00000121. The van der Waals surface area contributed by atoms with Crippen LogP contribution in [0.1, 0.15) is 22.8 Å². The summed E-state index contributed by atoms with van der Waals surface area (Å²) in [6.07, 6.45) is 0. The number of hydrogen-bond acceptors (Lipinski definition) is 2. The molecule has 0 saturated carbocycles. The standard InChI is InChI=1S/C9H11NO.ClH/c1-6-4-3-5-8(10)9(6)7(2)11;/h3-5H,10H2,1-2H3;1H. The third-order valence-corrected chi connectivity index (χ3v) is 1.66. The third kappa shape index (κ3) is 1.98. The Kier molecular flexibility index (Phi) is 3.77. The van der Waals surface area contributed by atoms with Gasteiger partial charge in [0.25, 0.3) is 0 Å². The van der Waals surface area contributed by atoms with Gasteiger partial charge in [-0.2, -0.15) is 0 Å². The Hall–Kier alpha value is -1.02. The zero-order valence-electron chi connectivity index (χ0n) is 7.13. The van der Waals surface area contributed by atoms with Crippen molar-refractivity contribution in [2.24, 2.45) is 0 Å². The molecule has 0 amide bonds. The molecule has 0 radical (unpaired) electrons. The molecule has 1 aromatic carbocycles. The van der Waals surface area contributed by atoms with Crippen LogP contribution in [0.2, 0.25) is 0 Å². The number of Topliss-reactive ketones (excluding diaryl/α,β-unsaturated/α-hetero) is 1. The van der Waals surface area contributed by atoms with Gasteiger partial charge in [0.2, 0.25) is 0 Å². The van der Waals surface area contributed by atoms with Crippen molar-refractivity contribution in [1.82, 2.24) is 0 Å². The van der Waals surface area contributed by atoms with Crippen LogP contribution in [0, 0.1) is 6.92 Å². The molecule has 12 heavy (non-hydrogen) atoms. The van der Waals surface area contributed by atoms with E-state index in [1.165, 1.54) is 6.92 Å². The minimum absolute atomic E-state index is 0. The zero-order valence-corrected chi connectivity index (χ0v) is 7.94. The van der Waals surface area contributed by atoms with Crippen molar-refractivity contribution in [3.63, 3.8) is 0 Å². The van der Waals surface area contributed by atoms with Crippen LogP contribution in [0.5, 0.6) is 0 Å². The maximum atomic E-state index is 11.0. The highest BCUT2D eigenvalue weighted by Gasteiger charge is 2.05. The lowest BCUT2D eigenvalue weighted by Gasteiger charge is -2.03. The molecule has 0 unspecified atom stereocenters. The van der Waals surface area contributed by atoms with Crippen LogP contribution in [0.4, 0.5) is 5.69 Å². The van der Waals surface area contributed by atoms with Gasteiger partial charge in [-0.05, 0) is 25.5 Å². The topological polar surface area (TPSA) is 43.1 Å². The Bertz CT molecular complexity index is 276. The van der Waals surface area contributed by atoms with E-state index in [-0.39, 0.29) is 18.2 Å². The van der Waals surface area contributed by atoms with Gasteiger partial charge in [0.05, 0.1) is 0 Å². The number of carbonyl (C=O) groups excluding carboxylic acids is 1. The van der Waals surface area contributed by atoms with Crippen molar-refractivity contribution >= 4 is 23.9 Å². The molecule has 0 heterocycles. The number of rotatable bonds is 1. The molecule has 0 spiro atoms. The monoisotopic (exact) mass is 185 g/mol. The fraction of sp³-hybridized carbons (Fsp3) is 0.222. The minimum Gasteiger partial charge on any atom is -0.398 e. The smallest absolute Gasteiger partial charge is 0.162 e. The van der Waals surface area contributed by atoms with E-state index in [2.05, 4.69) is 0 Å². The summed E-state index contributed by atoms with van der Waals surface area (Å²) < 4.78 is 0. The first-order valence-electron chi connectivity index (χ1n) is 3.49. The van der Waals surface area contributed by atoms with Gasteiger partial charge in [-0.25, -0.2) is 0 Å². The van der Waals surface area contributed by atoms with Gasteiger partial charge in [0.1, 0.15) is 0 Å². The van der Waals surface area contributed by atoms with Crippen molar-refractivity contribution in [2.75, 3.05) is 5.73 Å². The molecule has 0 aliphatic carbocycles. The molecule has 0 aromatic heterocycles. The van der Waals surface area contributed by atoms with E-state index >= 15 is 0 Å². The lowest BCUT2D eigenvalue weighted by atomic mass is 10.0. The first kappa shape index (κ1) is 11.0. The van der Waals surface area contributed by atoms with E-state index in [4.69, 9.17) is 5.73 Å². The number of carbonyl (C=O) groups is 1. The predicted octanol–water partition coefficient (Wildman–Crippen LogP) is 2.20. The fourth-order valence-electron chi connectivity index (χ4n) is 1.17. The number of anilines is 1. The average Bonchev–Trinajstić information content (AvgIpc) is 1.85. The largest absolute Gasteiger partial charge is 0.398 e. The first-order valence-corrected chi connectivity index (χ1v) is 3.49. The number of ketones is 1. The summed E-state index contributed by atoms with van der Waals surface area (Å²) in [5, 5.41) is 0. The average molecular weight is 186 g/mol. The lowest BCUT2D eigenvalue weighted by molar-refractivity contribution is 0.101. The summed E-state index contributed by atoms with van der Waals surface area (Å²) in [6.45, 7) is 3.41. The van der Waals surface area contributed by atoms with Crippen LogP contribution >= 0.6 is 12.4 Å². The number of hydrogen-bond donors (Lipinski definition) is 1. The molecule has 0 saturated heterocycles. The van der Waals surface area contributed by atoms with Crippen LogP contribution in [-0.2, 0) is 0 Å². The first-order chi connectivity index (χ1) is 5.13. The lowest BCUT2D eigenvalue weighted by Crippen LogP contribution is -2.01. The number of nitrogen functional groups attached to an aromatic ring is 1. The Morgan fingerprint density at radius 2 is 2.00 bits per heavy atom. The van der Waals surface area contributed by atoms with Crippen molar-refractivity contribution < 1.29 is 4.79 Å². The Morgan fingerprint density at radius 3 is 2.33 bits per heavy atom. The minimum atomic E-state index is 0. The van der Waals surface area contributed by atoms with Crippen LogP contribution < -0.4 is 5.73 Å². The van der Waals surface area contributed by atoms with Crippen molar-refractivity contribution in [2.45, 2.75) is 13.8 Å². The van der Waals surface area contributed by atoms with Gasteiger partial charge in [-0.15, -0.1) is 12.4 Å². The van der Waals surface area contributed by atoms with Gasteiger partial charge in [-0.1, -0.05) is 12.1 Å². The number of benzene rings is 1. The van der Waals surface area contributed by atoms with Crippen molar-refractivity contribution in [1.29, 1.82) is 0 Å². The molecule has 0 atom stereocenters. The Morgan fingerprint density at radius 1 is 1.42 bits per heavy atom. The van der Waals surface area contributed by atoms with E-state index in [9.17, 15) is 4.79 Å². The van der Waals surface area contributed by atoms with Crippen LogP contribution in [-0.4, -0.2) is 5.78 Å². The van der Waals surface area contributed by atoms with E-state index in [1.54, 1.807) is 6.07 Å². The summed E-state index contributed by atoms with van der Waals surface area (Å²) in [6, 6.07) is 5.47. The second-order valence-electron chi connectivity index (χ2n) is 2.60. The summed E-state index contributed by atoms with van der Waals surface area (Å²) in [5.74, 6) is 0.0283. The Labute approximate surface area is 78.2 Å². The van der Waals surface area contributed by atoms with Crippen LogP contribution in [0.3, 0.4) is 0 Å². The van der Waals surface area contributed by atoms with Crippen LogP contribution in [0.25, 0.3) is 0 Å². The highest BCUT2D eigenvalue weighted by atomic mass is 35.5. The van der Waals surface area contributed by atoms with Gasteiger partial charge < -0.3 is 5.73 Å². The quantitative estimate of drug-likeness (QED) is 0.539. The molecular formula is C9H12ClNO. The third-order valence-electron chi connectivity index (χ3n) is 1.66. The molecular weight excluding hydrogens is 174 g/mol. The summed E-state index contributed by atoms with van der Waals surface area (Å²) in [5.41, 5.74) is 7.76. The molecule has 0 fully saturated rings. The molecule has 0 aliphatic heterocycles. The maximum absolute atomic E-state index is 11.0. The van der Waals surface area contributed by atoms with Crippen molar-refractivity contribution in [3.05, 3.63) is 29.3 Å². The van der Waals surface area contributed by atoms with E-state index < -0.39 is 0 Å². The van der Waals surface area contributed by atoms with Gasteiger partial charge in [-0.3, -0.25) is 4.79 Å². The molecule has 1 rings (SSSR count). The molecule has 1 aromatic rings. The van der Waals surface area contributed by atoms with Crippen LogP contribution in [0.15, 0.2) is 18.2 Å². The SMILES string of the molecule is CC(=O)c1c(C)cccc1N.Cl. The van der Waals surface area contributed by atoms with E-state index in [1.807, 2.05) is 19.1 Å². The second kappa shape index (κ2) is 4.12. The fourth-order valence-corrected chi connectivity index (χ4v) is 1.17. The molecule has 3 heteroatoms.